The number of nitrogens with one attached hydrogen (secondary N) is 1. The zero-order chi connectivity index (χ0) is 18.7. The summed E-state index contributed by atoms with van der Waals surface area (Å²) in [4.78, 5) is 26.7. The average Bonchev–Trinajstić information content (AvgIpc) is 3.01. The van der Waals surface area contributed by atoms with Gasteiger partial charge in [0.1, 0.15) is 0 Å². The molecule has 0 saturated heterocycles. The van der Waals surface area contributed by atoms with E-state index in [2.05, 4.69) is 29.1 Å². The van der Waals surface area contributed by atoms with Crippen molar-refractivity contribution in [2.24, 2.45) is 13.0 Å². The van der Waals surface area contributed by atoms with Gasteiger partial charge in [-0.05, 0) is 12.0 Å². The van der Waals surface area contributed by atoms with Gasteiger partial charge in [-0.2, -0.15) is 10.2 Å². The second-order valence-corrected chi connectivity index (χ2v) is 6.91. The minimum atomic E-state index is -0.244. The lowest BCUT2D eigenvalue weighted by Crippen LogP contribution is -2.35. The number of aromatic nitrogens is 4. The quantitative estimate of drug-likeness (QED) is 0.733. The number of carbonyl (C=O) groups excluding carboxylic acids is 1. The Hall–Kier alpha value is -2.96. The fraction of sp³-hybridized carbons (Fsp3) is 0.368. The summed E-state index contributed by atoms with van der Waals surface area (Å²) in [7, 11) is 1.86. The van der Waals surface area contributed by atoms with E-state index in [0.29, 0.717) is 30.1 Å². The minimum absolute atomic E-state index is 0.0211. The van der Waals surface area contributed by atoms with Gasteiger partial charge in [-0.25, -0.2) is 5.10 Å². The summed E-state index contributed by atoms with van der Waals surface area (Å²) in [5.41, 5.74) is 1.33. The highest BCUT2D eigenvalue weighted by atomic mass is 16.2. The van der Waals surface area contributed by atoms with Crippen LogP contribution in [-0.4, -0.2) is 37.3 Å². The van der Waals surface area contributed by atoms with Gasteiger partial charge in [0.25, 0.3) is 5.56 Å². The molecule has 0 bridgehead atoms. The summed E-state index contributed by atoms with van der Waals surface area (Å²) < 4.78 is 1.73. The Kier molecular flexibility index (Phi) is 5.16. The maximum Gasteiger partial charge on any atom is 0.272 e. The van der Waals surface area contributed by atoms with Gasteiger partial charge in [0.05, 0.1) is 23.7 Å². The van der Waals surface area contributed by atoms with Crippen molar-refractivity contribution >= 4 is 16.7 Å². The van der Waals surface area contributed by atoms with Crippen LogP contribution in [0.4, 0.5) is 0 Å². The first-order valence-corrected chi connectivity index (χ1v) is 8.65. The van der Waals surface area contributed by atoms with E-state index in [1.54, 1.807) is 23.0 Å². The fourth-order valence-electron chi connectivity index (χ4n) is 3.03. The van der Waals surface area contributed by atoms with E-state index in [0.717, 1.165) is 10.9 Å². The Morgan fingerprint density at radius 1 is 1.27 bits per heavy atom. The lowest BCUT2D eigenvalue weighted by molar-refractivity contribution is -0.131. The molecule has 3 aromatic rings. The maximum absolute atomic E-state index is 13.0. The summed E-state index contributed by atoms with van der Waals surface area (Å²) in [5.74, 6) is 0.322. The van der Waals surface area contributed by atoms with Crippen molar-refractivity contribution in [3.05, 3.63) is 58.3 Å². The van der Waals surface area contributed by atoms with Crippen LogP contribution in [-0.2, 0) is 24.8 Å². The maximum atomic E-state index is 13.0. The molecule has 0 aliphatic heterocycles. The number of nitrogens with zero attached hydrogens (tertiary/aromatic N) is 4. The Labute approximate surface area is 151 Å². The van der Waals surface area contributed by atoms with Crippen molar-refractivity contribution in [2.45, 2.75) is 26.8 Å². The van der Waals surface area contributed by atoms with Gasteiger partial charge in [0, 0.05) is 37.3 Å². The van der Waals surface area contributed by atoms with Crippen LogP contribution in [0.1, 0.15) is 25.1 Å². The molecule has 2 heterocycles. The summed E-state index contributed by atoms with van der Waals surface area (Å²) in [6.45, 7) is 5.31. The molecule has 1 aromatic carbocycles. The number of rotatable bonds is 6. The van der Waals surface area contributed by atoms with E-state index in [-0.39, 0.29) is 17.9 Å². The molecule has 0 radical (unpaired) electrons. The molecule has 0 atom stereocenters. The molecule has 1 amide bonds. The molecule has 0 saturated carbocycles. The standard InChI is InChI=1S/C19H23N5O2/c1-13(2)10-24(12-14-9-20-23(3)11-14)18(25)8-17-15-6-4-5-7-16(15)19(26)22-21-17/h4-7,9,11,13H,8,10,12H2,1-3H3,(H,22,26). The van der Waals surface area contributed by atoms with Crippen molar-refractivity contribution in [3.8, 4) is 0 Å². The fourth-order valence-corrected chi connectivity index (χ4v) is 3.03. The zero-order valence-electron chi connectivity index (χ0n) is 15.3. The molecular formula is C19H23N5O2. The second-order valence-electron chi connectivity index (χ2n) is 6.91. The predicted molar refractivity (Wildman–Crippen MR) is 99.5 cm³/mol. The number of amides is 1. The largest absolute Gasteiger partial charge is 0.338 e. The Bertz CT molecular complexity index is 973. The van der Waals surface area contributed by atoms with E-state index >= 15 is 0 Å². The smallest absolute Gasteiger partial charge is 0.272 e. The van der Waals surface area contributed by atoms with Crippen molar-refractivity contribution < 1.29 is 4.79 Å². The Morgan fingerprint density at radius 2 is 2.00 bits per heavy atom. The van der Waals surface area contributed by atoms with Crippen molar-refractivity contribution in [3.63, 3.8) is 0 Å². The SMILES string of the molecule is CC(C)CN(Cc1cnn(C)c1)C(=O)Cc1n[nH]c(=O)c2ccccc12. The number of H-pyrrole nitrogens is 1. The molecule has 0 unspecified atom stereocenters. The Balaban J connectivity index is 1.85. The second kappa shape index (κ2) is 7.51. The lowest BCUT2D eigenvalue weighted by atomic mass is 10.1. The van der Waals surface area contributed by atoms with E-state index in [4.69, 9.17) is 0 Å². The van der Waals surface area contributed by atoms with Crippen molar-refractivity contribution in [2.75, 3.05) is 6.54 Å². The number of benzene rings is 1. The van der Waals surface area contributed by atoms with E-state index in [1.807, 2.05) is 30.3 Å². The zero-order valence-corrected chi connectivity index (χ0v) is 15.3. The third-order valence-corrected chi connectivity index (χ3v) is 4.16. The first kappa shape index (κ1) is 17.8. The van der Waals surface area contributed by atoms with Gasteiger partial charge in [0.2, 0.25) is 5.91 Å². The molecule has 7 heteroatoms. The summed E-state index contributed by atoms with van der Waals surface area (Å²) in [6, 6.07) is 7.22. The normalized spacial score (nSPS) is 11.2. The number of hydrogen-bond donors (Lipinski definition) is 1. The molecule has 0 spiro atoms. The summed E-state index contributed by atoms with van der Waals surface area (Å²) in [5, 5.41) is 12.0. The lowest BCUT2D eigenvalue weighted by Gasteiger charge is -2.24. The van der Waals surface area contributed by atoms with E-state index in [9.17, 15) is 9.59 Å². The highest BCUT2D eigenvalue weighted by Gasteiger charge is 2.19. The van der Waals surface area contributed by atoms with Gasteiger partial charge < -0.3 is 4.90 Å². The van der Waals surface area contributed by atoms with Crippen LogP contribution in [0, 0.1) is 5.92 Å². The molecule has 0 fully saturated rings. The van der Waals surface area contributed by atoms with Crippen LogP contribution < -0.4 is 5.56 Å². The number of aromatic amines is 1. The van der Waals surface area contributed by atoms with Gasteiger partial charge in [-0.3, -0.25) is 14.3 Å². The van der Waals surface area contributed by atoms with Gasteiger partial charge in [-0.15, -0.1) is 0 Å². The van der Waals surface area contributed by atoms with Gasteiger partial charge in [-0.1, -0.05) is 32.0 Å². The predicted octanol–water partition coefficient (Wildman–Crippen LogP) is 1.88. The molecule has 0 aliphatic rings. The molecule has 2 aromatic heterocycles. The van der Waals surface area contributed by atoms with Crippen LogP contribution in [0.3, 0.4) is 0 Å². The van der Waals surface area contributed by atoms with Crippen molar-refractivity contribution in [1.82, 2.24) is 24.9 Å². The number of carbonyl (C=O) groups is 1. The van der Waals surface area contributed by atoms with E-state index in [1.165, 1.54) is 0 Å². The van der Waals surface area contributed by atoms with Crippen LogP contribution >= 0.6 is 0 Å². The molecule has 136 valence electrons. The van der Waals surface area contributed by atoms with Crippen LogP contribution in [0.5, 0.6) is 0 Å². The molecule has 7 nitrogen and oxygen atoms in total. The third kappa shape index (κ3) is 3.99. The summed E-state index contributed by atoms with van der Waals surface area (Å²) >= 11 is 0. The number of fused-ring (bicyclic) bond motifs is 1. The topological polar surface area (TPSA) is 83.9 Å². The van der Waals surface area contributed by atoms with Crippen LogP contribution in [0.2, 0.25) is 0 Å². The molecule has 26 heavy (non-hydrogen) atoms. The highest BCUT2D eigenvalue weighted by Crippen LogP contribution is 2.15. The van der Waals surface area contributed by atoms with Crippen molar-refractivity contribution in [1.29, 1.82) is 0 Å². The first-order valence-electron chi connectivity index (χ1n) is 8.65. The monoisotopic (exact) mass is 353 g/mol. The van der Waals surface area contributed by atoms with Crippen LogP contribution in [0.15, 0.2) is 41.5 Å². The molecule has 0 aliphatic carbocycles. The summed E-state index contributed by atoms with van der Waals surface area (Å²) in [6.07, 6.45) is 3.83. The third-order valence-electron chi connectivity index (χ3n) is 4.16. The van der Waals surface area contributed by atoms with E-state index < -0.39 is 0 Å². The average molecular weight is 353 g/mol. The number of hydrogen-bond acceptors (Lipinski definition) is 4. The van der Waals surface area contributed by atoms with Gasteiger partial charge in [0.15, 0.2) is 0 Å². The van der Waals surface area contributed by atoms with Crippen LogP contribution in [0.25, 0.3) is 10.8 Å². The minimum Gasteiger partial charge on any atom is -0.338 e. The number of aryl methyl sites for hydroxylation is 1. The van der Waals surface area contributed by atoms with Gasteiger partial charge >= 0.3 is 0 Å². The molecular weight excluding hydrogens is 330 g/mol. The first-order chi connectivity index (χ1) is 12.4. The molecule has 1 N–H and O–H groups in total. The Morgan fingerprint density at radius 3 is 2.65 bits per heavy atom. The highest BCUT2D eigenvalue weighted by molar-refractivity contribution is 5.88. The molecule has 3 rings (SSSR count).